The minimum Gasteiger partial charge on any atom is -0.494 e. The van der Waals surface area contributed by atoms with E-state index < -0.39 is 11.9 Å². The number of aryl methyl sites for hydroxylation is 2. The van der Waals surface area contributed by atoms with Crippen molar-refractivity contribution in [1.82, 2.24) is 4.90 Å². The van der Waals surface area contributed by atoms with Gasteiger partial charge in [-0.15, -0.1) is 0 Å². The predicted molar refractivity (Wildman–Crippen MR) is 104 cm³/mol. The van der Waals surface area contributed by atoms with Gasteiger partial charge >= 0.3 is 11.9 Å². The van der Waals surface area contributed by atoms with Crippen LogP contribution >= 0.6 is 0 Å². The van der Waals surface area contributed by atoms with Crippen LogP contribution in [0.25, 0.3) is 0 Å². The Morgan fingerprint density at radius 1 is 0.963 bits per heavy atom. The Hall–Kier alpha value is -2.86. The van der Waals surface area contributed by atoms with Crippen molar-refractivity contribution < 1.29 is 24.5 Å². The fourth-order valence-corrected chi connectivity index (χ4v) is 2.30. The second-order valence-electron chi connectivity index (χ2n) is 6.28. The van der Waals surface area contributed by atoms with Crippen LogP contribution in [0.1, 0.15) is 23.1 Å². The second-order valence-corrected chi connectivity index (χ2v) is 6.28. The lowest BCUT2D eigenvalue weighted by atomic mass is 10.1. The van der Waals surface area contributed by atoms with Gasteiger partial charge in [-0.25, -0.2) is 9.59 Å². The van der Waals surface area contributed by atoms with Gasteiger partial charge in [0.25, 0.3) is 0 Å². The molecular formula is C21H27NO5. The number of rotatable bonds is 7. The van der Waals surface area contributed by atoms with Gasteiger partial charge in [-0.2, -0.15) is 0 Å². The van der Waals surface area contributed by atoms with Gasteiger partial charge in [-0.05, 0) is 56.1 Å². The van der Waals surface area contributed by atoms with E-state index in [1.165, 1.54) is 16.7 Å². The average Bonchev–Trinajstić information content (AvgIpc) is 2.63. The molecule has 0 aliphatic carbocycles. The summed E-state index contributed by atoms with van der Waals surface area (Å²) in [5, 5.41) is 14.8. The molecule has 0 bridgehead atoms. The normalized spacial score (nSPS) is 10.1. The Bertz CT molecular complexity index is 719. The molecule has 0 fully saturated rings. The molecule has 0 saturated carbocycles. The fourth-order valence-electron chi connectivity index (χ4n) is 2.30. The molecule has 27 heavy (non-hydrogen) atoms. The van der Waals surface area contributed by atoms with Gasteiger partial charge in [-0.1, -0.05) is 36.4 Å². The smallest absolute Gasteiger partial charge is 0.414 e. The van der Waals surface area contributed by atoms with E-state index in [-0.39, 0.29) is 0 Å². The van der Waals surface area contributed by atoms with Gasteiger partial charge < -0.3 is 19.8 Å². The van der Waals surface area contributed by atoms with E-state index >= 15 is 0 Å². The van der Waals surface area contributed by atoms with Crippen LogP contribution in [-0.4, -0.2) is 47.3 Å². The summed E-state index contributed by atoms with van der Waals surface area (Å²) >= 11 is 0. The molecule has 0 saturated heterocycles. The standard InChI is InChI=1S/C19H25NO.C2H2O4/c1-16-10-11-19(14-17(16)2)21-13-7-12-20(3)15-18-8-5-4-6-9-18;3-1(4)2(5)6/h4-6,8-11,14H,7,12-13,15H2,1-3H3;(H,3,4)(H,5,6). The Labute approximate surface area is 160 Å². The third-order valence-corrected chi connectivity index (χ3v) is 3.91. The minimum absolute atomic E-state index is 0.766. The van der Waals surface area contributed by atoms with Gasteiger partial charge in [-0.3, -0.25) is 0 Å². The molecule has 2 N–H and O–H groups in total. The zero-order valence-corrected chi connectivity index (χ0v) is 16.0. The fraction of sp³-hybridized carbons (Fsp3) is 0.333. The Morgan fingerprint density at radius 3 is 2.15 bits per heavy atom. The van der Waals surface area contributed by atoms with Crippen LogP contribution in [0.3, 0.4) is 0 Å². The molecule has 0 amide bonds. The third kappa shape index (κ3) is 9.42. The molecule has 0 spiro atoms. The van der Waals surface area contributed by atoms with Crippen LogP contribution < -0.4 is 4.74 Å². The number of hydrogen-bond acceptors (Lipinski definition) is 4. The molecule has 0 aliphatic rings. The van der Waals surface area contributed by atoms with E-state index in [4.69, 9.17) is 24.5 Å². The number of aliphatic carboxylic acids is 2. The highest BCUT2D eigenvalue weighted by molar-refractivity contribution is 6.27. The molecular weight excluding hydrogens is 346 g/mol. The summed E-state index contributed by atoms with van der Waals surface area (Å²) in [5.41, 5.74) is 3.95. The molecule has 2 aromatic carbocycles. The van der Waals surface area contributed by atoms with Crippen molar-refractivity contribution in [2.24, 2.45) is 0 Å². The van der Waals surface area contributed by atoms with E-state index in [9.17, 15) is 0 Å². The molecule has 0 aromatic heterocycles. The van der Waals surface area contributed by atoms with Crippen LogP contribution in [0.15, 0.2) is 48.5 Å². The van der Waals surface area contributed by atoms with Gasteiger partial charge in [0.1, 0.15) is 5.75 Å². The molecule has 0 heterocycles. The predicted octanol–water partition coefficient (Wildman–Crippen LogP) is 3.36. The molecule has 2 aromatic rings. The van der Waals surface area contributed by atoms with Gasteiger partial charge in [0.2, 0.25) is 0 Å². The number of carboxylic acid groups (broad SMARTS) is 2. The third-order valence-electron chi connectivity index (χ3n) is 3.91. The maximum Gasteiger partial charge on any atom is 0.414 e. The highest BCUT2D eigenvalue weighted by atomic mass is 16.5. The molecule has 146 valence electrons. The van der Waals surface area contributed by atoms with Crippen LogP contribution in [0.2, 0.25) is 0 Å². The van der Waals surface area contributed by atoms with E-state index in [2.05, 4.69) is 74.3 Å². The van der Waals surface area contributed by atoms with Crippen molar-refractivity contribution in [3.63, 3.8) is 0 Å². The first-order chi connectivity index (χ1) is 12.8. The number of hydrogen-bond donors (Lipinski definition) is 2. The van der Waals surface area contributed by atoms with Crippen molar-refractivity contribution >= 4 is 11.9 Å². The van der Waals surface area contributed by atoms with Gasteiger partial charge in [0.05, 0.1) is 6.61 Å². The molecule has 0 aliphatic heterocycles. The summed E-state index contributed by atoms with van der Waals surface area (Å²) in [6.07, 6.45) is 1.04. The topological polar surface area (TPSA) is 87.1 Å². The average molecular weight is 373 g/mol. The quantitative estimate of drug-likeness (QED) is 0.572. The van der Waals surface area contributed by atoms with Crippen LogP contribution in [-0.2, 0) is 16.1 Å². The van der Waals surface area contributed by atoms with E-state index in [0.29, 0.717) is 0 Å². The lowest BCUT2D eigenvalue weighted by Crippen LogP contribution is -2.20. The summed E-state index contributed by atoms with van der Waals surface area (Å²) in [6, 6.07) is 16.9. The summed E-state index contributed by atoms with van der Waals surface area (Å²) in [4.78, 5) is 20.5. The van der Waals surface area contributed by atoms with E-state index in [1.807, 2.05) is 0 Å². The second kappa shape index (κ2) is 11.7. The summed E-state index contributed by atoms with van der Waals surface area (Å²) in [6.45, 7) is 7.04. The van der Waals surface area contributed by atoms with Crippen molar-refractivity contribution in [3.8, 4) is 5.75 Å². The zero-order chi connectivity index (χ0) is 20.2. The highest BCUT2D eigenvalue weighted by Crippen LogP contribution is 2.16. The molecule has 0 radical (unpaired) electrons. The molecule has 6 heteroatoms. The Kier molecular flexibility index (Phi) is 9.61. The maximum atomic E-state index is 9.10. The maximum absolute atomic E-state index is 9.10. The first-order valence-corrected chi connectivity index (χ1v) is 8.68. The van der Waals surface area contributed by atoms with Crippen molar-refractivity contribution in [1.29, 1.82) is 0 Å². The number of ether oxygens (including phenoxy) is 1. The molecule has 0 unspecified atom stereocenters. The summed E-state index contributed by atoms with van der Waals surface area (Å²) in [7, 11) is 2.16. The van der Waals surface area contributed by atoms with Crippen molar-refractivity contribution in [2.45, 2.75) is 26.8 Å². The lowest BCUT2D eigenvalue weighted by molar-refractivity contribution is -0.159. The summed E-state index contributed by atoms with van der Waals surface area (Å²) < 4.78 is 5.82. The first-order valence-electron chi connectivity index (χ1n) is 8.68. The van der Waals surface area contributed by atoms with Crippen LogP contribution in [0, 0.1) is 13.8 Å². The number of nitrogens with zero attached hydrogens (tertiary/aromatic N) is 1. The van der Waals surface area contributed by atoms with Gasteiger partial charge in [0.15, 0.2) is 0 Å². The number of carboxylic acids is 2. The molecule has 6 nitrogen and oxygen atoms in total. The monoisotopic (exact) mass is 373 g/mol. The minimum atomic E-state index is -1.82. The first kappa shape index (κ1) is 22.2. The van der Waals surface area contributed by atoms with Crippen LogP contribution in [0.5, 0.6) is 5.75 Å². The number of carbonyl (C=O) groups is 2. The van der Waals surface area contributed by atoms with Crippen molar-refractivity contribution in [2.75, 3.05) is 20.2 Å². The lowest BCUT2D eigenvalue weighted by Gasteiger charge is -2.17. The largest absolute Gasteiger partial charge is 0.494 e. The van der Waals surface area contributed by atoms with E-state index in [0.717, 1.165) is 31.9 Å². The molecule has 0 atom stereocenters. The van der Waals surface area contributed by atoms with Gasteiger partial charge in [0, 0.05) is 13.1 Å². The van der Waals surface area contributed by atoms with Crippen LogP contribution in [0.4, 0.5) is 0 Å². The zero-order valence-electron chi connectivity index (χ0n) is 16.0. The Morgan fingerprint density at radius 2 is 1.59 bits per heavy atom. The molecule has 2 rings (SSSR count). The SMILES string of the molecule is Cc1ccc(OCCCN(C)Cc2ccccc2)cc1C.O=C(O)C(=O)O. The Balaban J connectivity index is 0.000000527. The van der Waals surface area contributed by atoms with Crippen molar-refractivity contribution in [3.05, 3.63) is 65.2 Å². The highest BCUT2D eigenvalue weighted by Gasteiger charge is 2.04. The number of benzene rings is 2. The van der Waals surface area contributed by atoms with E-state index in [1.54, 1.807) is 0 Å². The summed E-state index contributed by atoms with van der Waals surface area (Å²) in [5.74, 6) is -2.67.